The number of benzene rings is 1. The molecule has 0 spiro atoms. The van der Waals surface area contributed by atoms with Crippen LogP contribution in [0, 0.1) is 12.3 Å². The number of fused-ring (bicyclic) bond motifs is 1. The lowest BCUT2D eigenvalue weighted by atomic mass is 10.2. The molecule has 1 N–H and O–H groups in total. The van der Waals surface area contributed by atoms with Crippen LogP contribution in [-0.2, 0) is 4.79 Å². The lowest BCUT2D eigenvalue weighted by Gasteiger charge is -2.16. The largest absolute Gasteiger partial charge is 0.481 e. The monoisotopic (exact) mass is 410 g/mol. The Morgan fingerprint density at radius 3 is 3.10 bits per heavy atom. The van der Waals surface area contributed by atoms with E-state index in [0.29, 0.717) is 35.8 Å². The number of hydrogen-bond acceptors (Lipinski definition) is 6. The molecule has 1 fully saturated rings. The fourth-order valence-corrected chi connectivity index (χ4v) is 3.58. The highest BCUT2D eigenvalue weighted by Crippen LogP contribution is 2.29. The lowest BCUT2D eigenvalue weighted by Crippen LogP contribution is -2.29. The molecule has 1 unspecified atom stereocenters. The minimum atomic E-state index is -0.0532. The van der Waals surface area contributed by atoms with Gasteiger partial charge in [-0.3, -0.25) is 4.79 Å². The molecule has 4 rings (SSSR count). The van der Waals surface area contributed by atoms with Crippen LogP contribution in [0.1, 0.15) is 12.5 Å². The first kappa shape index (κ1) is 19.0. The number of nitrogens with zero attached hydrogens (tertiary/aromatic N) is 5. The van der Waals surface area contributed by atoms with Crippen molar-refractivity contribution in [2.45, 2.75) is 12.5 Å². The van der Waals surface area contributed by atoms with Gasteiger partial charge in [-0.15, -0.1) is 18.0 Å². The number of terminal acetylenes is 1. The number of amides is 1. The second-order valence-corrected chi connectivity index (χ2v) is 6.88. The Morgan fingerprint density at radius 2 is 2.28 bits per heavy atom. The molecule has 1 atom stereocenters. The second kappa shape index (κ2) is 8.37. The minimum Gasteiger partial charge on any atom is -0.481 e. The van der Waals surface area contributed by atoms with E-state index in [-0.39, 0.29) is 24.4 Å². The van der Waals surface area contributed by atoms with E-state index in [4.69, 9.17) is 22.8 Å². The molecule has 1 saturated heterocycles. The van der Waals surface area contributed by atoms with Crippen LogP contribution in [0.5, 0.6) is 5.75 Å². The Bertz CT molecular complexity index is 1080. The zero-order valence-corrected chi connectivity index (χ0v) is 16.3. The van der Waals surface area contributed by atoms with Crippen molar-refractivity contribution in [3.8, 4) is 18.1 Å². The number of anilines is 2. The van der Waals surface area contributed by atoms with Gasteiger partial charge in [0.05, 0.1) is 12.4 Å². The molecule has 3 aromatic rings. The highest BCUT2D eigenvalue weighted by atomic mass is 35.5. The third kappa shape index (κ3) is 3.96. The van der Waals surface area contributed by atoms with Gasteiger partial charge in [-0.25, -0.2) is 15.0 Å². The summed E-state index contributed by atoms with van der Waals surface area (Å²) in [6.45, 7) is 1.48. The summed E-state index contributed by atoms with van der Waals surface area (Å²) in [4.78, 5) is 26.9. The standard InChI is InChI=1S/C20H19ClN6O2/c1-2-8-29-16-5-3-4-14(9-16)25-19-18-20(23-12-22-19)27(13-24-18)15-6-7-26(11-15)17(28)10-21/h1,3-5,9,12-13,15H,6-8,10-11H2,(H,22,23,25). The summed E-state index contributed by atoms with van der Waals surface area (Å²) in [5.74, 6) is 3.65. The van der Waals surface area contributed by atoms with Crippen molar-refractivity contribution in [1.29, 1.82) is 0 Å². The number of carbonyl (C=O) groups excluding carboxylic acids is 1. The fraction of sp³-hybridized carbons (Fsp3) is 0.300. The molecule has 1 amide bonds. The molecule has 0 radical (unpaired) electrons. The second-order valence-electron chi connectivity index (χ2n) is 6.61. The van der Waals surface area contributed by atoms with E-state index in [1.54, 1.807) is 11.2 Å². The van der Waals surface area contributed by atoms with Gasteiger partial charge in [0.25, 0.3) is 0 Å². The van der Waals surface area contributed by atoms with E-state index in [9.17, 15) is 4.79 Å². The molecule has 1 aliphatic heterocycles. The Hall–Kier alpha value is -3.31. The molecule has 1 aliphatic rings. The smallest absolute Gasteiger partial charge is 0.237 e. The average Bonchev–Trinajstić information content (AvgIpc) is 3.39. The predicted molar refractivity (Wildman–Crippen MR) is 110 cm³/mol. The number of halogens is 1. The van der Waals surface area contributed by atoms with Crippen LogP contribution in [-0.4, -0.2) is 55.9 Å². The molecule has 8 nitrogen and oxygen atoms in total. The number of likely N-dealkylation sites (tertiary alicyclic amines) is 1. The van der Waals surface area contributed by atoms with Crippen molar-refractivity contribution >= 4 is 40.2 Å². The lowest BCUT2D eigenvalue weighted by molar-refractivity contribution is -0.127. The summed E-state index contributed by atoms with van der Waals surface area (Å²) in [6.07, 6.45) is 9.31. The van der Waals surface area contributed by atoms with Gasteiger partial charge < -0.3 is 19.5 Å². The summed E-state index contributed by atoms with van der Waals surface area (Å²) >= 11 is 5.68. The zero-order chi connectivity index (χ0) is 20.2. The molecule has 0 aliphatic carbocycles. The first-order valence-electron chi connectivity index (χ1n) is 9.14. The van der Waals surface area contributed by atoms with Crippen molar-refractivity contribution in [3.63, 3.8) is 0 Å². The molecule has 0 bridgehead atoms. The van der Waals surface area contributed by atoms with Gasteiger partial charge in [-0.2, -0.15) is 0 Å². The Morgan fingerprint density at radius 1 is 1.38 bits per heavy atom. The first-order valence-corrected chi connectivity index (χ1v) is 9.67. The number of carbonyl (C=O) groups is 1. The van der Waals surface area contributed by atoms with Crippen LogP contribution in [0.4, 0.5) is 11.5 Å². The first-order chi connectivity index (χ1) is 14.2. The van der Waals surface area contributed by atoms with Crippen LogP contribution < -0.4 is 10.1 Å². The number of aromatic nitrogens is 4. The molecule has 29 heavy (non-hydrogen) atoms. The number of rotatable bonds is 6. The molecule has 148 valence electrons. The summed E-state index contributed by atoms with van der Waals surface area (Å²) in [5, 5.41) is 3.26. The predicted octanol–water partition coefficient (Wildman–Crippen LogP) is 2.59. The highest BCUT2D eigenvalue weighted by Gasteiger charge is 2.28. The van der Waals surface area contributed by atoms with Crippen LogP contribution >= 0.6 is 11.6 Å². The normalized spacial score (nSPS) is 16.0. The summed E-state index contributed by atoms with van der Waals surface area (Å²) in [5.41, 5.74) is 2.17. The van der Waals surface area contributed by atoms with Gasteiger partial charge in [-0.05, 0) is 18.6 Å². The Balaban J connectivity index is 1.57. The topological polar surface area (TPSA) is 85.2 Å². The van der Waals surface area contributed by atoms with Gasteiger partial charge >= 0.3 is 0 Å². The molecule has 3 heterocycles. The van der Waals surface area contributed by atoms with Gasteiger partial charge in [-0.1, -0.05) is 12.0 Å². The molecular weight excluding hydrogens is 392 g/mol. The van der Waals surface area contributed by atoms with E-state index in [1.807, 2.05) is 28.8 Å². The number of imidazole rings is 1. The molecule has 1 aromatic carbocycles. The average molecular weight is 411 g/mol. The number of hydrogen-bond donors (Lipinski definition) is 1. The van der Waals surface area contributed by atoms with Gasteiger partial charge in [0.15, 0.2) is 17.0 Å². The van der Waals surface area contributed by atoms with Crippen molar-refractivity contribution in [2.24, 2.45) is 0 Å². The summed E-state index contributed by atoms with van der Waals surface area (Å²) in [7, 11) is 0. The van der Waals surface area contributed by atoms with Gasteiger partial charge in [0, 0.05) is 24.8 Å². The van der Waals surface area contributed by atoms with Gasteiger partial charge in [0.1, 0.15) is 24.6 Å². The minimum absolute atomic E-state index is 0.00223. The van der Waals surface area contributed by atoms with Crippen LogP contribution in [0.25, 0.3) is 11.2 Å². The summed E-state index contributed by atoms with van der Waals surface area (Å²) < 4.78 is 7.46. The van der Waals surface area contributed by atoms with E-state index >= 15 is 0 Å². The molecule has 9 heteroatoms. The van der Waals surface area contributed by atoms with Gasteiger partial charge in [0.2, 0.25) is 5.91 Å². The van der Waals surface area contributed by atoms with Crippen molar-refractivity contribution in [2.75, 3.05) is 30.9 Å². The van der Waals surface area contributed by atoms with E-state index in [0.717, 1.165) is 12.1 Å². The maximum absolute atomic E-state index is 11.9. The molecule has 2 aromatic heterocycles. The maximum atomic E-state index is 11.9. The van der Waals surface area contributed by atoms with Crippen molar-refractivity contribution < 1.29 is 9.53 Å². The fourth-order valence-electron chi connectivity index (χ4n) is 3.42. The summed E-state index contributed by atoms with van der Waals surface area (Å²) in [6, 6.07) is 7.55. The maximum Gasteiger partial charge on any atom is 0.237 e. The third-order valence-corrected chi connectivity index (χ3v) is 5.03. The van der Waals surface area contributed by atoms with Crippen molar-refractivity contribution in [1.82, 2.24) is 24.4 Å². The Labute approximate surface area is 172 Å². The van der Waals surface area contributed by atoms with E-state index in [2.05, 4.69) is 26.2 Å². The van der Waals surface area contributed by atoms with E-state index in [1.165, 1.54) is 6.33 Å². The van der Waals surface area contributed by atoms with E-state index < -0.39 is 0 Å². The number of alkyl halides is 1. The van der Waals surface area contributed by atoms with Crippen molar-refractivity contribution in [3.05, 3.63) is 36.9 Å². The number of ether oxygens (including phenoxy) is 1. The molecular formula is C20H19ClN6O2. The SMILES string of the molecule is C#CCOc1cccc(Nc2ncnc3c2ncn3C2CCN(C(=O)CCl)C2)c1. The van der Waals surface area contributed by atoms with Crippen LogP contribution in [0.2, 0.25) is 0 Å². The third-order valence-electron chi connectivity index (χ3n) is 4.80. The number of nitrogens with one attached hydrogen (secondary N) is 1. The highest BCUT2D eigenvalue weighted by molar-refractivity contribution is 6.27. The zero-order valence-electron chi connectivity index (χ0n) is 15.6. The Kier molecular flexibility index (Phi) is 5.49. The quantitative estimate of drug-likeness (QED) is 0.496. The van der Waals surface area contributed by atoms with Crippen LogP contribution in [0.3, 0.4) is 0 Å². The van der Waals surface area contributed by atoms with Crippen LogP contribution in [0.15, 0.2) is 36.9 Å². The molecule has 0 saturated carbocycles.